The molecule has 1 heterocycles. The Morgan fingerprint density at radius 3 is 2.72 bits per heavy atom. The maximum Gasteiger partial charge on any atom is 0.257 e. The van der Waals surface area contributed by atoms with Gasteiger partial charge in [-0.1, -0.05) is 23.4 Å². The second-order valence-electron chi connectivity index (χ2n) is 5.84. The molecular weight excluding hydrogens is 431 g/mol. The van der Waals surface area contributed by atoms with Crippen LogP contribution in [0.3, 0.4) is 0 Å². The van der Waals surface area contributed by atoms with Crippen LogP contribution in [0, 0.1) is 17.5 Å². The van der Waals surface area contributed by atoms with Crippen LogP contribution in [0.4, 0.5) is 18.9 Å². The number of oxazole rings is 1. The Morgan fingerprint density at radius 2 is 1.97 bits per heavy atom. The fourth-order valence-electron chi connectivity index (χ4n) is 2.26. The van der Waals surface area contributed by atoms with Gasteiger partial charge in [0.15, 0.2) is 23.0 Å². The lowest BCUT2D eigenvalue weighted by atomic mass is 10.2. The lowest BCUT2D eigenvalue weighted by molar-refractivity contribution is -0.123. The third kappa shape index (κ3) is 5.01. The summed E-state index contributed by atoms with van der Waals surface area (Å²) in [6.45, 7) is 1.08. The number of thioether (sulfide) groups is 1. The number of benzene rings is 2. The highest BCUT2D eigenvalue weighted by atomic mass is 35.5. The molecule has 0 bridgehead atoms. The molecule has 6 nitrogen and oxygen atoms in total. The van der Waals surface area contributed by atoms with Crippen molar-refractivity contribution in [3.63, 3.8) is 0 Å². The molecule has 11 heteroatoms. The molecule has 1 unspecified atom stereocenters. The zero-order valence-corrected chi connectivity index (χ0v) is 16.3. The van der Waals surface area contributed by atoms with E-state index in [4.69, 9.17) is 16.0 Å². The number of nitrogens with one attached hydrogen (secondary N) is 2. The average Bonchev–Trinajstić information content (AvgIpc) is 3.07. The minimum absolute atomic E-state index is 0.248. The molecule has 0 aliphatic rings. The number of hydrogen-bond donors (Lipinski definition) is 2. The summed E-state index contributed by atoms with van der Waals surface area (Å²) in [5.74, 6) is -5.91. The predicted octanol–water partition coefficient (Wildman–Crippen LogP) is 4.13. The zero-order chi connectivity index (χ0) is 21.1. The van der Waals surface area contributed by atoms with Gasteiger partial charge in [-0.2, -0.15) is 0 Å². The van der Waals surface area contributed by atoms with Crippen molar-refractivity contribution < 1.29 is 27.2 Å². The summed E-state index contributed by atoms with van der Waals surface area (Å²) in [5.41, 5.74) is 0.522. The van der Waals surface area contributed by atoms with E-state index < -0.39 is 46.7 Å². The maximum absolute atomic E-state index is 13.6. The molecule has 3 aromatic rings. The third-order valence-electron chi connectivity index (χ3n) is 3.71. The van der Waals surface area contributed by atoms with Gasteiger partial charge in [0.1, 0.15) is 5.52 Å². The fraction of sp³-hybridized carbons (Fsp3) is 0.167. The largest absolute Gasteiger partial charge is 0.431 e. The van der Waals surface area contributed by atoms with E-state index in [2.05, 4.69) is 15.6 Å². The van der Waals surface area contributed by atoms with Crippen LogP contribution in [-0.2, 0) is 9.59 Å². The van der Waals surface area contributed by atoms with Crippen molar-refractivity contribution in [3.05, 3.63) is 52.8 Å². The topological polar surface area (TPSA) is 84.2 Å². The van der Waals surface area contributed by atoms with E-state index in [-0.39, 0.29) is 5.22 Å². The summed E-state index contributed by atoms with van der Waals surface area (Å²) in [5, 5.41) is 4.50. The molecule has 152 valence electrons. The monoisotopic (exact) mass is 443 g/mol. The van der Waals surface area contributed by atoms with Crippen LogP contribution < -0.4 is 10.6 Å². The van der Waals surface area contributed by atoms with Crippen LogP contribution in [-0.4, -0.2) is 28.6 Å². The number of hydrogen-bond acceptors (Lipinski definition) is 5. The second kappa shape index (κ2) is 8.75. The van der Waals surface area contributed by atoms with Gasteiger partial charge >= 0.3 is 0 Å². The Balaban J connectivity index is 1.54. The van der Waals surface area contributed by atoms with E-state index in [0.29, 0.717) is 22.2 Å². The van der Waals surface area contributed by atoms with E-state index in [1.807, 2.05) is 0 Å². The molecule has 1 atom stereocenters. The number of amides is 2. The predicted molar refractivity (Wildman–Crippen MR) is 102 cm³/mol. The normalized spacial score (nSPS) is 12.0. The van der Waals surface area contributed by atoms with Crippen molar-refractivity contribution in [1.29, 1.82) is 0 Å². The number of nitrogens with zero attached hydrogens (tertiary/aromatic N) is 1. The van der Waals surface area contributed by atoms with Crippen LogP contribution in [0.2, 0.25) is 5.02 Å². The summed E-state index contributed by atoms with van der Waals surface area (Å²) < 4.78 is 45.1. The van der Waals surface area contributed by atoms with E-state index in [1.165, 1.54) is 0 Å². The first-order chi connectivity index (χ1) is 13.7. The second-order valence-corrected chi connectivity index (χ2v) is 7.57. The van der Waals surface area contributed by atoms with Gasteiger partial charge in [-0.15, -0.1) is 0 Å². The SMILES string of the molecule is CC(Sc1nc2cc(Cl)ccc2o1)C(=O)NCC(=O)Nc1ccc(F)c(F)c1F. The summed E-state index contributed by atoms with van der Waals surface area (Å²) >= 11 is 6.91. The van der Waals surface area contributed by atoms with Crippen LogP contribution in [0.15, 0.2) is 40.0 Å². The summed E-state index contributed by atoms with van der Waals surface area (Å²) in [6.07, 6.45) is 0. The molecule has 1 aromatic heterocycles. The van der Waals surface area contributed by atoms with Crippen molar-refractivity contribution in [2.45, 2.75) is 17.4 Å². The molecule has 0 radical (unpaired) electrons. The minimum atomic E-state index is -1.70. The average molecular weight is 444 g/mol. The summed E-state index contributed by atoms with van der Waals surface area (Å²) in [4.78, 5) is 28.2. The van der Waals surface area contributed by atoms with Crippen LogP contribution in [0.5, 0.6) is 0 Å². The molecule has 2 N–H and O–H groups in total. The highest BCUT2D eigenvalue weighted by Crippen LogP contribution is 2.28. The summed E-state index contributed by atoms with van der Waals surface area (Å²) in [6, 6.07) is 6.48. The van der Waals surface area contributed by atoms with E-state index in [1.54, 1.807) is 25.1 Å². The molecule has 29 heavy (non-hydrogen) atoms. The van der Waals surface area contributed by atoms with E-state index in [9.17, 15) is 22.8 Å². The lowest BCUT2D eigenvalue weighted by Gasteiger charge is -2.11. The third-order valence-corrected chi connectivity index (χ3v) is 4.89. The van der Waals surface area contributed by atoms with Gasteiger partial charge in [-0.25, -0.2) is 18.2 Å². The molecule has 0 spiro atoms. The first-order valence-electron chi connectivity index (χ1n) is 8.18. The highest BCUT2D eigenvalue weighted by Gasteiger charge is 2.20. The van der Waals surface area contributed by atoms with Crippen LogP contribution in [0.1, 0.15) is 6.92 Å². The van der Waals surface area contributed by atoms with Crippen molar-refractivity contribution in [1.82, 2.24) is 10.3 Å². The Hall–Kier alpha value is -2.72. The van der Waals surface area contributed by atoms with Crippen molar-refractivity contribution in [3.8, 4) is 0 Å². The smallest absolute Gasteiger partial charge is 0.257 e. The number of carbonyl (C=O) groups excluding carboxylic acids is 2. The Morgan fingerprint density at radius 1 is 1.21 bits per heavy atom. The van der Waals surface area contributed by atoms with Gasteiger partial charge in [0, 0.05) is 5.02 Å². The Labute approximate surface area is 171 Å². The molecule has 2 aromatic carbocycles. The first-order valence-corrected chi connectivity index (χ1v) is 9.44. The molecular formula is C18H13ClF3N3O3S. The summed E-state index contributed by atoms with van der Waals surface area (Å²) in [7, 11) is 0. The number of anilines is 1. The van der Waals surface area contributed by atoms with Gasteiger partial charge in [0.05, 0.1) is 17.5 Å². The lowest BCUT2D eigenvalue weighted by Crippen LogP contribution is -2.37. The first kappa shape index (κ1) is 21.0. The molecule has 0 aliphatic carbocycles. The van der Waals surface area contributed by atoms with Gasteiger partial charge < -0.3 is 15.1 Å². The van der Waals surface area contributed by atoms with Crippen molar-refractivity contribution >= 4 is 52.0 Å². The standard InChI is InChI=1S/C18H13ClF3N3O3S/c1-8(29-18-25-12-6-9(19)2-5-13(12)28-18)17(27)23-7-14(26)24-11-4-3-10(20)15(21)16(11)22/h2-6,8H,7H2,1H3,(H,23,27)(H,24,26). The van der Waals surface area contributed by atoms with Gasteiger partial charge in [-0.3, -0.25) is 9.59 Å². The number of rotatable bonds is 6. The molecule has 0 saturated heterocycles. The van der Waals surface area contributed by atoms with E-state index >= 15 is 0 Å². The van der Waals surface area contributed by atoms with Crippen LogP contribution >= 0.6 is 23.4 Å². The number of carbonyl (C=O) groups is 2. The van der Waals surface area contributed by atoms with Crippen molar-refractivity contribution in [2.75, 3.05) is 11.9 Å². The Bertz CT molecular complexity index is 1090. The van der Waals surface area contributed by atoms with Crippen molar-refractivity contribution in [2.24, 2.45) is 0 Å². The van der Waals surface area contributed by atoms with Crippen LogP contribution in [0.25, 0.3) is 11.1 Å². The van der Waals surface area contributed by atoms with Gasteiger partial charge in [0.2, 0.25) is 11.8 Å². The molecule has 0 saturated carbocycles. The maximum atomic E-state index is 13.6. The number of halogens is 4. The quantitative estimate of drug-likeness (QED) is 0.442. The zero-order valence-electron chi connectivity index (χ0n) is 14.8. The molecule has 0 aliphatic heterocycles. The number of fused-ring (bicyclic) bond motifs is 1. The molecule has 3 rings (SSSR count). The van der Waals surface area contributed by atoms with Gasteiger partial charge in [-0.05, 0) is 37.3 Å². The van der Waals surface area contributed by atoms with E-state index in [0.717, 1.165) is 17.8 Å². The number of aromatic nitrogens is 1. The fourth-order valence-corrected chi connectivity index (χ4v) is 3.21. The molecule has 0 fully saturated rings. The Kier molecular flexibility index (Phi) is 6.33. The minimum Gasteiger partial charge on any atom is -0.431 e. The highest BCUT2D eigenvalue weighted by molar-refractivity contribution is 8.00. The van der Waals surface area contributed by atoms with Gasteiger partial charge in [0.25, 0.3) is 5.22 Å². The molecule has 2 amide bonds.